The van der Waals surface area contributed by atoms with Crippen LogP contribution in [0.4, 0.5) is 0 Å². The first kappa shape index (κ1) is 44.0. The third-order valence-electron chi connectivity index (χ3n) is 8.72. The Labute approximate surface area is 340 Å². The number of carbonyl (C=O) groups excluding carboxylic acids is 2. The Hall–Kier alpha value is -2.75. The summed E-state index contributed by atoms with van der Waals surface area (Å²) in [6.07, 6.45) is 8.72. The fourth-order valence-corrected chi connectivity index (χ4v) is 6.24. The number of halogens is 3. The van der Waals surface area contributed by atoms with E-state index in [2.05, 4.69) is 79.2 Å². The molecule has 3 aliphatic carbocycles. The number of aldehydes is 2. The minimum atomic E-state index is -1.04. The largest absolute Gasteiger partial charge is 0.454 e. The van der Waals surface area contributed by atoms with E-state index in [1.54, 1.807) is 12.1 Å². The second-order valence-electron chi connectivity index (χ2n) is 13.1. The van der Waals surface area contributed by atoms with Gasteiger partial charge in [0.2, 0.25) is 0 Å². The van der Waals surface area contributed by atoms with Crippen molar-refractivity contribution < 1.29 is 38.6 Å². The Kier molecular flexibility index (Phi) is 19.6. The second kappa shape index (κ2) is 24.0. The standard InChI is InChI=1S/C12H14O2.C10H10O.C9H9BrO2.C7H5BrO.C3H7BO2.ClH2N/c1-2-10(9-4-5-9)8-11(3-1)12-13-6-7-14-12;11-7-8-2-1-3-10(6-8)9-4-5-9;10-8-3-1-2-7(6-8)9-11-4-5-12-9;8-7-3-1-2-6(4-7)5-9;5-4(6)3-1-2-3;1-2/h1-3,8-9,12H,4-7H2;1-3,6-7,9H,4-5H2;1-3,6,9H,4-5H2;1-5H;3,5-6H,1-2H2;2H2. The molecule has 5 fully saturated rings. The highest BCUT2D eigenvalue weighted by molar-refractivity contribution is 9.10. The predicted molar refractivity (Wildman–Crippen MR) is 218 cm³/mol. The molecule has 13 heteroatoms. The van der Waals surface area contributed by atoms with E-state index >= 15 is 0 Å². The Morgan fingerprint density at radius 3 is 1.33 bits per heavy atom. The molecule has 54 heavy (non-hydrogen) atoms. The SMILES string of the molecule is Brc1cccc(C2OCCO2)c1.NCl.O=Cc1cccc(Br)c1.O=Cc1cccc(C2CC2)c1.OB(O)C1CC1.c1cc(C2CC2)cc(C2OCCO2)c1. The number of hydrogen-bond acceptors (Lipinski definition) is 9. The molecule has 0 atom stereocenters. The maximum absolute atomic E-state index is 10.4. The van der Waals surface area contributed by atoms with E-state index in [1.807, 2.05) is 54.6 Å². The van der Waals surface area contributed by atoms with E-state index in [4.69, 9.17) is 29.0 Å². The van der Waals surface area contributed by atoms with Gasteiger partial charge in [0, 0.05) is 31.2 Å². The third-order valence-corrected chi connectivity index (χ3v) is 9.71. The molecule has 0 radical (unpaired) electrons. The minimum Gasteiger partial charge on any atom is -0.427 e. The molecule has 4 aromatic carbocycles. The van der Waals surface area contributed by atoms with Crippen LogP contribution in [0.25, 0.3) is 0 Å². The van der Waals surface area contributed by atoms with Crippen LogP contribution in [0.15, 0.2) is 106 Å². The van der Waals surface area contributed by atoms with Crippen molar-refractivity contribution in [2.24, 2.45) is 5.25 Å². The maximum Gasteiger partial charge on any atom is 0.454 e. The van der Waals surface area contributed by atoms with Crippen LogP contribution >= 0.6 is 43.6 Å². The molecule has 3 saturated carbocycles. The highest BCUT2D eigenvalue weighted by Crippen LogP contribution is 2.41. The first-order chi connectivity index (χ1) is 26.3. The van der Waals surface area contributed by atoms with Gasteiger partial charge >= 0.3 is 7.12 Å². The number of rotatable bonds is 7. The lowest BCUT2D eigenvalue weighted by Crippen LogP contribution is -2.09. The van der Waals surface area contributed by atoms with Crippen molar-refractivity contribution in [3.05, 3.63) is 139 Å². The number of hydrogen-bond donors (Lipinski definition) is 3. The molecule has 4 N–H and O–H groups in total. The fraction of sp³-hybridized carbons (Fsp3) is 0.366. The van der Waals surface area contributed by atoms with Crippen molar-refractivity contribution in [2.75, 3.05) is 26.4 Å². The van der Waals surface area contributed by atoms with E-state index in [1.165, 1.54) is 42.4 Å². The topological polar surface area (TPSA) is 138 Å². The zero-order valence-electron chi connectivity index (χ0n) is 30.0. The van der Waals surface area contributed by atoms with Crippen LogP contribution in [0, 0.1) is 0 Å². The molecule has 0 bridgehead atoms. The van der Waals surface area contributed by atoms with Crippen LogP contribution in [-0.4, -0.2) is 56.2 Å². The molecule has 2 aliphatic heterocycles. The Bertz CT molecular complexity index is 1710. The van der Waals surface area contributed by atoms with Gasteiger partial charge in [0.05, 0.1) is 26.4 Å². The lowest BCUT2D eigenvalue weighted by Gasteiger charge is -2.10. The summed E-state index contributed by atoms with van der Waals surface area (Å²) < 4.78 is 23.6. The van der Waals surface area contributed by atoms with Gasteiger partial charge in [-0.3, -0.25) is 9.59 Å². The van der Waals surface area contributed by atoms with Gasteiger partial charge in [-0.15, -0.1) is 0 Å². The van der Waals surface area contributed by atoms with E-state index < -0.39 is 7.12 Å². The van der Waals surface area contributed by atoms with Gasteiger partial charge in [0.15, 0.2) is 12.6 Å². The lowest BCUT2D eigenvalue weighted by atomic mass is 9.84. The highest BCUT2D eigenvalue weighted by atomic mass is 79.9. The normalized spacial score (nSPS) is 17.3. The predicted octanol–water partition coefficient (Wildman–Crippen LogP) is 9.46. The number of carbonyl (C=O) groups is 2. The molecule has 0 spiro atoms. The molecule has 9 rings (SSSR count). The molecule has 0 aromatic heterocycles. The van der Waals surface area contributed by atoms with Crippen LogP contribution in [0.3, 0.4) is 0 Å². The molecule has 288 valence electrons. The average molecular weight is 888 g/mol. The molecular formula is C41H47BBr2ClNO8. The molecule has 9 nitrogen and oxygen atoms in total. The number of ether oxygens (including phenoxy) is 4. The molecule has 2 saturated heterocycles. The van der Waals surface area contributed by atoms with Crippen LogP contribution in [0.5, 0.6) is 0 Å². The zero-order chi connectivity index (χ0) is 38.7. The Balaban J connectivity index is 0.000000152. The molecular weight excluding hydrogens is 841 g/mol. The summed E-state index contributed by atoms with van der Waals surface area (Å²) in [6, 6.07) is 31.7. The van der Waals surface area contributed by atoms with Crippen molar-refractivity contribution in [3.63, 3.8) is 0 Å². The van der Waals surface area contributed by atoms with Gasteiger partial charge in [-0.25, -0.2) is 5.25 Å². The van der Waals surface area contributed by atoms with Crippen molar-refractivity contribution in [2.45, 2.75) is 68.8 Å². The minimum absolute atomic E-state index is 0.117. The van der Waals surface area contributed by atoms with E-state index in [-0.39, 0.29) is 18.4 Å². The summed E-state index contributed by atoms with van der Waals surface area (Å²) in [5, 5.41) is 20.5. The van der Waals surface area contributed by atoms with Crippen molar-refractivity contribution in [1.29, 1.82) is 0 Å². The first-order valence-corrected chi connectivity index (χ1v) is 20.0. The molecule has 2 heterocycles. The van der Waals surface area contributed by atoms with Crippen LogP contribution in [0.2, 0.25) is 5.82 Å². The van der Waals surface area contributed by atoms with Crippen LogP contribution in [0.1, 0.15) is 106 Å². The van der Waals surface area contributed by atoms with Crippen molar-refractivity contribution in [3.8, 4) is 0 Å². The summed E-state index contributed by atoms with van der Waals surface area (Å²) in [5.41, 5.74) is 6.52. The second-order valence-corrected chi connectivity index (χ2v) is 15.0. The lowest BCUT2D eigenvalue weighted by molar-refractivity contribution is -0.0443. The highest BCUT2D eigenvalue weighted by Gasteiger charge is 2.33. The third kappa shape index (κ3) is 16.2. The monoisotopic (exact) mass is 885 g/mol. The van der Waals surface area contributed by atoms with Gasteiger partial charge in [-0.2, -0.15) is 0 Å². The first-order valence-electron chi connectivity index (χ1n) is 18.0. The fourth-order valence-electron chi connectivity index (χ4n) is 5.41. The van der Waals surface area contributed by atoms with Crippen molar-refractivity contribution in [1.82, 2.24) is 0 Å². The molecule has 0 amide bonds. The maximum atomic E-state index is 10.4. The van der Waals surface area contributed by atoms with Gasteiger partial charge in [0.1, 0.15) is 12.6 Å². The van der Waals surface area contributed by atoms with Gasteiger partial charge in [-0.05, 0) is 96.6 Å². The van der Waals surface area contributed by atoms with E-state index in [9.17, 15) is 9.59 Å². The van der Waals surface area contributed by atoms with Gasteiger partial charge in [-0.1, -0.05) is 111 Å². The number of benzene rings is 4. The molecule has 0 unspecified atom stereocenters. The van der Waals surface area contributed by atoms with E-state index in [0.29, 0.717) is 18.8 Å². The number of nitrogens with two attached hydrogens (primary N) is 1. The molecule has 4 aromatic rings. The summed E-state index contributed by atoms with van der Waals surface area (Å²) in [7, 11) is -1.04. The summed E-state index contributed by atoms with van der Waals surface area (Å²) in [5.74, 6) is 1.76. The smallest absolute Gasteiger partial charge is 0.427 e. The average Bonchev–Trinajstić information content (AvgIpc) is 4.16. The Morgan fingerprint density at radius 2 is 0.944 bits per heavy atom. The van der Waals surface area contributed by atoms with Crippen LogP contribution < -0.4 is 5.25 Å². The van der Waals surface area contributed by atoms with Crippen molar-refractivity contribution >= 4 is 63.3 Å². The van der Waals surface area contributed by atoms with Gasteiger partial charge < -0.3 is 29.0 Å². The quantitative estimate of drug-likeness (QED) is 0.0942. The summed E-state index contributed by atoms with van der Waals surface area (Å²) in [4.78, 5) is 20.5. The van der Waals surface area contributed by atoms with Gasteiger partial charge in [0.25, 0.3) is 0 Å². The summed E-state index contributed by atoms with van der Waals surface area (Å²) in [6.45, 7) is 2.82. The zero-order valence-corrected chi connectivity index (χ0v) is 33.9. The van der Waals surface area contributed by atoms with Crippen LogP contribution in [-0.2, 0) is 18.9 Å². The molecule has 5 aliphatic rings. The van der Waals surface area contributed by atoms with E-state index in [0.717, 1.165) is 70.5 Å². The Morgan fingerprint density at radius 1 is 0.556 bits per heavy atom. The summed E-state index contributed by atoms with van der Waals surface area (Å²) >= 11 is 10.8.